The molecule has 1 aromatic carbocycles. The predicted octanol–water partition coefficient (Wildman–Crippen LogP) is 1.33. The fraction of sp³-hybridized carbons (Fsp3) is 0.348. The molecular formula is C23H25N5O6. The molecule has 4 rings (SSSR count). The quantitative estimate of drug-likeness (QED) is 0.376. The zero-order valence-corrected chi connectivity index (χ0v) is 19.3. The first-order chi connectivity index (χ1) is 16.2. The summed E-state index contributed by atoms with van der Waals surface area (Å²) < 4.78 is 16.0. The molecule has 0 bridgehead atoms. The fourth-order valence-electron chi connectivity index (χ4n) is 4.03. The number of benzene rings is 1. The molecule has 0 radical (unpaired) electrons. The van der Waals surface area contributed by atoms with Gasteiger partial charge in [-0.3, -0.25) is 27.9 Å². The second-order valence-electron chi connectivity index (χ2n) is 7.87. The van der Waals surface area contributed by atoms with E-state index in [0.717, 1.165) is 15.8 Å². The highest BCUT2D eigenvalue weighted by atomic mass is 16.6. The number of imidazole rings is 2. The van der Waals surface area contributed by atoms with E-state index in [2.05, 4.69) is 4.98 Å². The van der Waals surface area contributed by atoms with Crippen LogP contribution in [0, 0.1) is 0 Å². The number of aryl methyl sites for hydroxylation is 2. The second kappa shape index (κ2) is 9.00. The Bertz CT molecular complexity index is 1510. The van der Waals surface area contributed by atoms with Crippen molar-refractivity contribution in [3.05, 3.63) is 57.4 Å². The van der Waals surface area contributed by atoms with Gasteiger partial charge in [0.15, 0.2) is 17.3 Å². The van der Waals surface area contributed by atoms with Crippen molar-refractivity contribution in [1.82, 2.24) is 23.1 Å². The van der Waals surface area contributed by atoms with Gasteiger partial charge in [0.1, 0.15) is 6.61 Å². The largest absolute Gasteiger partial charge is 0.462 e. The van der Waals surface area contributed by atoms with Crippen LogP contribution in [0.2, 0.25) is 0 Å². The molecule has 0 N–H and O–H groups in total. The minimum atomic E-state index is -1.01. The molecule has 0 aliphatic heterocycles. The molecule has 0 unspecified atom stereocenters. The zero-order valence-electron chi connectivity index (χ0n) is 19.3. The average molecular weight is 467 g/mol. The van der Waals surface area contributed by atoms with E-state index in [1.54, 1.807) is 4.40 Å². The molecule has 0 aliphatic rings. The number of aromatic nitrogens is 5. The molecule has 3 heterocycles. The topological polar surface area (TPSA) is 119 Å². The van der Waals surface area contributed by atoms with E-state index in [-0.39, 0.29) is 24.3 Å². The van der Waals surface area contributed by atoms with E-state index in [1.807, 2.05) is 48.0 Å². The van der Waals surface area contributed by atoms with Crippen LogP contribution in [0.3, 0.4) is 0 Å². The minimum Gasteiger partial charge on any atom is -0.462 e. The second-order valence-corrected chi connectivity index (χ2v) is 7.87. The molecule has 0 saturated heterocycles. The lowest BCUT2D eigenvalue weighted by Crippen LogP contribution is -2.43. The average Bonchev–Trinajstić information content (AvgIpc) is 3.35. The standard InChI is InChI=1S/C23H25N5O6/c1-5-26-18(16-9-7-6-8-10-16)12-27-19-20(24-22(26)27)25(4)23(32)28(21(19)31)11-17(34-15(3)30)13-33-14(2)29/h6-10,12,17H,5,11,13H2,1-4H3/t17-/m1/s1. The van der Waals surface area contributed by atoms with Crippen molar-refractivity contribution in [2.75, 3.05) is 6.61 Å². The van der Waals surface area contributed by atoms with Crippen molar-refractivity contribution in [2.24, 2.45) is 7.05 Å². The molecule has 0 amide bonds. The van der Waals surface area contributed by atoms with Gasteiger partial charge in [-0.05, 0) is 12.5 Å². The Morgan fingerprint density at radius 3 is 2.38 bits per heavy atom. The molecule has 1 atom stereocenters. The molecule has 11 nitrogen and oxygen atoms in total. The number of rotatable bonds is 7. The summed E-state index contributed by atoms with van der Waals surface area (Å²) in [6.07, 6.45) is 0.815. The highest BCUT2D eigenvalue weighted by Crippen LogP contribution is 2.25. The lowest BCUT2D eigenvalue weighted by molar-refractivity contribution is -0.157. The third-order valence-electron chi connectivity index (χ3n) is 5.52. The summed E-state index contributed by atoms with van der Waals surface area (Å²) in [5.41, 5.74) is 1.09. The summed E-state index contributed by atoms with van der Waals surface area (Å²) in [4.78, 5) is 53.9. The van der Waals surface area contributed by atoms with E-state index in [4.69, 9.17) is 9.47 Å². The summed E-state index contributed by atoms with van der Waals surface area (Å²) in [5.74, 6) is -0.667. The van der Waals surface area contributed by atoms with Gasteiger partial charge in [0.25, 0.3) is 5.56 Å². The van der Waals surface area contributed by atoms with E-state index < -0.39 is 29.3 Å². The molecule has 11 heteroatoms. The monoisotopic (exact) mass is 467 g/mol. The molecule has 0 saturated carbocycles. The molecule has 0 spiro atoms. The number of fused-ring (bicyclic) bond motifs is 3. The Morgan fingerprint density at radius 1 is 1.06 bits per heavy atom. The first kappa shape index (κ1) is 23.0. The smallest absolute Gasteiger partial charge is 0.332 e. The highest BCUT2D eigenvalue weighted by Gasteiger charge is 2.24. The number of carbonyl (C=O) groups excluding carboxylic acids is 2. The van der Waals surface area contributed by atoms with Crippen molar-refractivity contribution in [1.29, 1.82) is 0 Å². The van der Waals surface area contributed by atoms with Crippen molar-refractivity contribution in [2.45, 2.75) is 40.0 Å². The van der Waals surface area contributed by atoms with Gasteiger partial charge in [-0.15, -0.1) is 0 Å². The summed E-state index contributed by atoms with van der Waals surface area (Å²) in [7, 11) is 1.52. The molecule has 0 aliphatic carbocycles. The van der Waals surface area contributed by atoms with Gasteiger partial charge in [0.2, 0.25) is 5.78 Å². The number of hydrogen-bond acceptors (Lipinski definition) is 7. The van der Waals surface area contributed by atoms with Gasteiger partial charge < -0.3 is 14.0 Å². The van der Waals surface area contributed by atoms with E-state index in [9.17, 15) is 19.2 Å². The van der Waals surface area contributed by atoms with Gasteiger partial charge in [-0.1, -0.05) is 30.3 Å². The van der Waals surface area contributed by atoms with Crippen LogP contribution in [-0.2, 0) is 39.2 Å². The van der Waals surface area contributed by atoms with Crippen molar-refractivity contribution >= 4 is 28.9 Å². The van der Waals surface area contributed by atoms with Crippen LogP contribution in [0.25, 0.3) is 28.2 Å². The summed E-state index contributed by atoms with van der Waals surface area (Å²) in [6, 6.07) is 9.72. The Balaban J connectivity index is 1.90. The van der Waals surface area contributed by atoms with E-state index >= 15 is 0 Å². The third kappa shape index (κ3) is 4.00. The SMILES string of the molecule is CCn1c(-c2ccccc2)cn2c3c(=O)n(C[C@H](COC(C)=O)OC(C)=O)c(=O)n(C)c3nc12. The molecular weight excluding hydrogens is 442 g/mol. The molecule has 3 aromatic heterocycles. The van der Waals surface area contributed by atoms with E-state index in [1.165, 1.54) is 25.5 Å². The summed E-state index contributed by atoms with van der Waals surface area (Å²) in [6.45, 7) is 4.43. The predicted molar refractivity (Wildman–Crippen MR) is 123 cm³/mol. The van der Waals surface area contributed by atoms with Gasteiger partial charge in [-0.25, -0.2) is 4.79 Å². The maximum absolute atomic E-state index is 13.5. The number of esters is 2. The van der Waals surface area contributed by atoms with Crippen LogP contribution in [-0.4, -0.2) is 47.7 Å². The number of carbonyl (C=O) groups is 2. The van der Waals surface area contributed by atoms with Crippen LogP contribution < -0.4 is 11.2 Å². The molecule has 0 fully saturated rings. The number of ether oxygens (including phenoxy) is 2. The Kier molecular flexibility index (Phi) is 6.10. The van der Waals surface area contributed by atoms with Crippen LogP contribution in [0.5, 0.6) is 0 Å². The minimum absolute atomic E-state index is 0.218. The Hall–Kier alpha value is -4.15. The first-order valence-electron chi connectivity index (χ1n) is 10.8. The van der Waals surface area contributed by atoms with Gasteiger partial charge in [0.05, 0.1) is 12.2 Å². The van der Waals surface area contributed by atoms with Gasteiger partial charge in [-0.2, -0.15) is 4.98 Å². The van der Waals surface area contributed by atoms with Crippen LogP contribution in [0.15, 0.2) is 46.1 Å². The lowest BCUT2D eigenvalue weighted by atomic mass is 10.2. The molecule has 34 heavy (non-hydrogen) atoms. The fourth-order valence-corrected chi connectivity index (χ4v) is 4.03. The molecule has 4 aromatic rings. The van der Waals surface area contributed by atoms with Crippen molar-refractivity contribution in [3.63, 3.8) is 0 Å². The number of hydrogen-bond donors (Lipinski definition) is 0. The van der Waals surface area contributed by atoms with Gasteiger partial charge in [0, 0.05) is 33.6 Å². The maximum Gasteiger partial charge on any atom is 0.332 e. The van der Waals surface area contributed by atoms with Crippen molar-refractivity contribution < 1.29 is 19.1 Å². The van der Waals surface area contributed by atoms with Gasteiger partial charge >= 0.3 is 17.6 Å². The maximum atomic E-state index is 13.5. The summed E-state index contributed by atoms with van der Waals surface area (Å²) >= 11 is 0. The Labute approximate surface area is 193 Å². The zero-order chi connectivity index (χ0) is 24.6. The van der Waals surface area contributed by atoms with Crippen LogP contribution >= 0.6 is 0 Å². The lowest BCUT2D eigenvalue weighted by Gasteiger charge is -2.18. The third-order valence-corrected chi connectivity index (χ3v) is 5.52. The van der Waals surface area contributed by atoms with Crippen molar-refractivity contribution in [3.8, 4) is 11.3 Å². The number of nitrogens with zero attached hydrogens (tertiary/aromatic N) is 5. The Morgan fingerprint density at radius 2 is 1.76 bits per heavy atom. The summed E-state index contributed by atoms with van der Waals surface area (Å²) in [5, 5.41) is 0. The molecule has 178 valence electrons. The van der Waals surface area contributed by atoms with Crippen LogP contribution in [0.1, 0.15) is 20.8 Å². The highest BCUT2D eigenvalue weighted by molar-refractivity contribution is 5.78. The van der Waals surface area contributed by atoms with Crippen LogP contribution in [0.4, 0.5) is 0 Å². The normalized spacial score (nSPS) is 12.2. The first-order valence-corrected chi connectivity index (χ1v) is 10.8. The van der Waals surface area contributed by atoms with E-state index in [0.29, 0.717) is 12.3 Å².